The Balaban J connectivity index is 1.56. The fourth-order valence-corrected chi connectivity index (χ4v) is 3.45. The minimum atomic E-state index is 0.200. The zero-order valence-corrected chi connectivity index (χ0v) is 17.1. The van der Waals surface area contributed by atoms with E-state index >= 15 is 0 Å². The van der Waals surface area contributed by atoms with E-state index < -0.39 is 0 Å². The number of hydrogen-bond donors (Lipinski definition) is 1. The van der Waals surface area contributed by atoms with Gasteiger partial charge in [0.15, 0.2) is 0 Å². The summed E-state index contributed by atoms with van der Waals surface area (Å²) >= 11 is 6.01. The number of halogens is 1. The van der Waals surface area contributed by atoms with Gasteiger partial charge >= 0.3 is 0 Å². The Hall–Kier alpha value is -2.95. The number of aromatic nitrogens is 3. The third kappa shape index (κ3) is 4.91. The molecule has 4 nitrogen and oxygen atoms in total. The molecule has 0 bridgehead atoms. The highest BCUT2D eigenvalue weighted by Gasteiger charge is 2.13. The summed E-state index contributed by atoms with van der Waals surface area (Å²) in [6, 6.07) is 22.5. The third-order valence-electron chi connectivity index (χ3n) is 4.93. The molecular formula is C24H23ClN4. The van der Waals surface area contributed by atoms with E-state index in [1.54, 1.807) is 6.20 Å². The van der Waals surface area contributed by atoms with E-state index in [1.807, 2.05) is 41.2 Å². The van der Waals surface area contributed by atoms with Gasteiger partial charge in [-0.05, 0) is 42.3 Å². The Labute approximate surface area is 176 Å². The smallest absolute Gasteiger partial charge is 0.0983 e. The number of nitrogens with zero attached hydrogens (tertiary/aromatic N) is 3. The van der Waals surface area contributed by atoms with Crippen molar-refractivity contribution in [2.24, 2.45) is 0 Å². The monoisotopic (exact) mass is 402 g/mol. The molecular weight excluding hydrogens is 380 g/mol. The molecule has 0 aliphatic heterocycles. The third-order valence-corrected chi connectivity index (χ3v) is 5.18. The van der Waals surface area contributed by atoms with Crippen LogP contribution < -0.4 is 5.32 Å². The molecule has 2 aromatic carbocycles. The van der Waals surface area contributed by atoms with Crippen LogP contribution in [0.5, 0.6) is 0 Å². The molecule has 0 saturated heterocycles. The van der Waals surface area contributed by atoms with Gasteiger partial charge in [0, 0.05) is 47.3 Å². The molecule has 0 spiro atoms. The molecule has 0 amide bonds. The van der Waals surface area contributed by atoms with Gasteiger partial charge in [-0.3, -0.25) is 9.67 Å². The zero-order chi connectivity index (χ0) is 20.1. The first-order valence-corrected chi connectivity index (χ1v) is 10.1. The van der Waals surface area contributed by atoms with Gasteiger partial charge in [0.25, 0.3) is 0 Å². The van der Waals surface area contributed by atoms with E-state index in [0.717, 1.165) is 28.4 Å². The minimum Gasteiger partial charge on any atom is -0.306 e. The van der Waals surface area contributed by atoms with Crippen LogP contribution in [0.15, 0.2) is 85.3 Å². The van der Waals surface area contributed by atoms with E-state index in [1.165, 1.54) is 11.1 Å². The SMILES string of the molecule is C[C@H](NCc1cn(Cc2ccccc2)nc1-c1cccnc1)c1ccc(Cl)cc1. The van der Waals surface area contributed by atoms with Gasteiger partial charge in [-0.15, -0.1) is 0 Å². The maximum Gasteiger partial charge on any atom is 0.0983 e. The highest BCUT2D eigenvalue weighted by atomic mass is 35.5. The fraction of sp³-hybridized carbons (Fsp3) is 0.167. The molecule has 0 radical (unpaired) electrons. The van der Waals surface area contributed by atoms with Gasteiger partial charge < -0.3 is 5.32 Å². The molecule has 0 aliphatic rings. The van der Waals surface area contributed by atoms with Crippen molar-refractivity contribution < 1.29 is 0 Å². The maximum atomic E-state index is 6.01. The number of benzene rings is 2. The lowest BCUT2D eigenvalue weighted by Gasteiger charge is -2.14. The number of nitrogens with one attached hydrogen (secondary N) is 1. The van der Waals surface area contributed by atoms with Crippen LogP contribution >= 0.6 is 11.6 Å². The summed E-state index contributed by atoms with van der Waals surface area (Å²) in [7, 11) is 0. The van der Waals surface area contributed by atoms with Crippen molar-refractivity contribution in [1.82, 2.24) is 20.1 Å². The largest absolute Gasteiger partial charge is 0.306 e. The highest BCUT2D eigenvalue weighted by molar-refractivity contribution is 6.30. The van der Waals surface area contributed by atoms with Crippen LogP contribution in [0.1, 0.15) is 29.7 Å². The number of pyridine rings is 1. The van der Waals surface area contributed by atoms with Crippen LogP contribution in [0, 0.1) is 0 Å². The number of hydrogen-bond acceptors (Lipinski definition) is 3. The minimum absolute atomic E-state index is 0.200. The first-order chi connectivity index (χ1) is 14.2. The molecule has 0 aliphatic carbocycles. The average molecular weight is 403 g/mol. The Kier molecular flexibility index (Phi) is 6.03. The van der Waals surface area contributed by atoms with Gasteiger partial charge in [-0.25, -0.2) is 0 Å². The molecule has 1 N–H and O–H groups in total. The van der Waals surface area contributed by atoms with Crippen LogP contribution in [0.3, 0.4) is 0 Å². The van der Waals surface area contributed by atoms with Crippen LogP contribution in [0.4, 0.5) is 0 Å². The van der Waals surface area contributed by atoms with Crippen LogP contribution in [0.2, 0.25) is 5.02 Å². The van der Waals surface area contributed by atoms with Gasteiger partial charge in [0.2, 0.25) is 0 Å². The average Bonchev–Trinajstić information content (AvgIpc) is 3.16. The van der Waals surface area contributed by atoms with Crippen molar-refractivity contribution in [1.29, 1.82) is 0 Å². The van der Waals surface area contributed by atoms with Gasteiger partial charge in [-0.1, -0.05) is 54.1 Å². The molecule has 4 aromatic rings. The first kappa shape index (κ1) is 19.4. The summed E-state index contributed by atoms with van der Waals surface area (Å²) < 4.78 is 2.00. The summed E-state index contributed by atoms with van der Waals surface area (Å²) in [5, 5.41) is 9.21. The van der Waals surface area contributed by atoms with E-state index in [2.05, 4.69) is 59.8 Å². The predicted octanol–water partition coefficient (Wildman–Crippen LogP) is 5.50. The lowest BCUT2D eigenvalue weighted by Crippen LogP contribution is -2.18. The molecule has 2 aromatic heterocycles. The molecule has 2 heterocycles. The molecule has 29 heavy (non-hydrogen) atoms. The molecule has 1 atom stereocenters. The van der Waals surface area contributed by atoms with Crippen molar-refractivity contribution in [3.05, 3.63) is 107 Å². The van der Waals surface area contributed by atoms with Gasteiger partial charge in [0.1, 0.15) is 0 Å². The molecule has 0 saturated carbocycles. The quantitative estimate of drug-likeness (QED) is 0.444. The second-order valence-corrected chi connectivity index (χ2v) is 7.52. The van der Waals surface area contributed by atoms with Crippen molar-refractivity contribution in [3.63, 3.8) is 0 Å². The summed E-state index contributed by atoms with van der Waals surface area (Å²) in [5.41, 5.74) is 5.56. The molecule has 0 fully saturated rings. The van der Waals surface area contributed by atoms with E-state index in [4.69, 9.17) is 16.7 Å². The van der Waals surface area contributed by atoms with Gasteiger partial charge in [0.05, 0.1) is 12.2 Å². The first-order valence-electron chi connectivity index (χ1n) is 9.68. The highest BCUT2D eigenvalue weighted by Crippen LogP contribution is 2.23. The molecule has 0 unspecified atom stereocenters. The van der Waals surface area contributed by atoms with Gasteiger partial charge in [-0.2, -0.15) is 5.10 Å². The Morgan fingerprint density at radius 2 is 1.79 bits per heavy atom. The van der Waals surface area contributed by atoms with Crippen LogP contribution in [-0.2, 0) is 13.1 Å². The van der Waals surface area contributed by atoms with Crippen molar-refractivity contribution in [3.8, 4) is 11.3 Å². The van der Waals surface area contributed by atoms with E-state index in [0.29, 0.717) is 6.54 Å². The predicted molar refractivity (Wildman–Crippen MR) is 118 cm³/mol. The van der Waals surface area contributed by atoms with Crippen molar-refractivity contribution >= 4 is 11.6 Å². The zero-order valence-electron chi connectivity index (χ0n) is 16.3. The summed E-state index contributed by atoms with van der Waals surface area (Å²) in [4.78, 5) is 4.26. The van der Waals surface area contributed by atoms with E-state index in [-0.39, 0.29) is 6.04 Å². The lowest BCUT2D eigenvalue weighted by atomic mass is 10.1. The molecule has 4 rings (SSSR count). The maximum absolute atomic E-state index is 6.01. The Morgan fingerprint density at radius 1 is 1.00 bits per heavy atom. The molecule has 146 valence electrons. The van der Waals surface area contributed by atoms with Crippen molar-refractivity contribution in [2.75, 3.05) is 0 Å². The summed E-state index contributed by atoms with van der Waals surface area (Å²) in [6.07, 6.45) is 5.77. The lowest BCUT2D eigenvalue weighted by molar-refractivity contribution is 0.574. The van der Waals surface area contributed by atoms with Crippen LogP contribution in [0.25, 0.3) is 11.3 Å². The second kappa shape index (κ2) is 9.03. The Bertz CT molecular complexity index is 1040. The fourth-order valence-electron chi connectivity index (χ4n) is 3.32. The standard InChI is InChI=1S/C24H23ClN4/c1-18(20-9-11-23(25)12-10-20)27-15-22-17-29(16-19-6-3-2-4-7-19)28-24(22)21-8-5-13-26-14-21/h2-14,17-18,27H,15-16H2,1H3/t18-/m0/s1. The Morgan fingerprint density at radius 3 is 2.52 bits per heavy atom. The topological polar surface area (TPSA) is 42.7 Å². The summed E-state index contributed by atoms with van der Waals surface area (Å²) in [5.74, 6) is 0. The summed E-state index contributed by atoms with van der Waals surface area (Å²) in [6.45, 7) is 3.60. The van der Waals surface area contributed by atoms with E-state index in [9.17, 15) is 0 Å². The van der Waals surface area contributed by atoms with Crippen LogP contribution in [-0.4, -0.2) is 14.8 Å². The molecule has 5 heteroatoms. The second-order valence-electron chi connectivity index (χ2n) is 7.08. The normalized spacial score (nSPS) is 12.1. The number of rotatable bonds is 7. The van der Waals surface area contributed by atoms with Crippen molar-refractivity contribution in [2.45, 2.75) is 26.1 Å².